The van der Waals surface area contributed by atoms with Crippen molar-refractivity contribution in [2.75, 3.05) is 19.0 Å². The summed E-state index contributed by atoms with van der Waals surface area (Å²) < 4.78 is 0. The van der Waals surface area contributed by atoms with Gasteiger partial charge in [0.2, 0.25) is 0 Å². The number of halogens is 1. The van der Waals surface area contributed by atoms with Crippen molar-refractivity contribution in [1.82, 2.24) is 5.32 Å². The van der Waals surface area contributed by atoms with Crippen LogP contribution in [0.5, 0.6) is 0 Å². The zero-order valence-corrected chi connectivity index (χ0v) is 8.74. The maximum Gasteiger partial charge on any atom is 0.0226 e. The molecule has 1 nitrogen and oxygen atoms in total. The van der Waals surface area contributed by atoms with E-state index in [0.29, 0.717) is 0 Å². The molecule has 1 saturated carbocycles. The van der Waals surface area contributed by atoms with Gasteiger partial charge in [0.05, 0.1) is 0 Å². The molecule has 0 heterocycles. The van der Waals surface area contributed by atoms with Crippen LogP contribution in [0.2, 0.25) is 0 Å². The van der Waals surface area contributed by atoms with Crippen LogP contribution in [0.3, 0.4) is 0 Å². The summed E-state index contributed by atoms with van der Waals surface area (Å²) in [4.78, 5) is 0. The Bertz CT molecular complexity index is 112. The van der Waals surface area contributed by atoms with Crippen LogP contribution in [0.1, 0.15) is 32.6 Å². The Morgan fingerprint density at radius 2 is 2.25 bits per heavy atom. The maximum absolute atomic E-state index is 5.64. The van der Waals surface area contributed by atoms with Gasteiger partial charge in [-0.2, -0.15) is 0 Å². The summed E-state index contributed by atoms with van der Waals surface area (Å²) in [5, 5.41) is 3.48. The highest BCUT2D eigenvalue weighted by Crippen LogP contribution is 2.31. The van der Waals surface area contributed by atoms with Crippen LogP contribution in [0.15, 0.2) is 0 Å². The first-order chi connectivity index (χ1) is 5.83. The van der Waals surface area contributed by atoms with E-state index in [4.69, 9.17) is 11.6 Å². The van der Waals surface area contributed by atoms with Crippen molar-refractivity contribution in [1.29, 1.82) is 0 Å². The Hall–Kier alpha value is 0.250. The Balaban J connectivity index is 1.80. The lowest BCUT2D eigenvalue weighted by Gasteiger charge is -2.10. The summed E-state index contributed by atoms with van der Waals surface area (Å²) in [7, 11) is 0. The van der Waals surface area contributed by atoms with E-state index in [0.717, 1.165) is 30.7 Å². The van der Waals surface area contributed by atoms with Gasteiger partial charge < -0.3 is 5.32 Å². The minimum Gasteiger partial charge on any atom is -0.316 e. The summed E-state index contributed by atoms with van der Waals surface area (Å²) in [6.45, 7) is 4.60. The monoisotopic (exact) mass is 189 g/mol. The first kappa shape index (κ1) is 10.3. The Morgan fingerprint density at radius 1 is 1.50 bits per heavy atom. The fraction of sp³-hybridized carbons (Fsp3) is 1.00. The molecule has 1 aliphatic carbocycles. The van der Waals surface area contributed by atoms with Crippen molar-refractivity contribution in [2.24, 2.45) is 11.8 Å². The summed E-state index contributed by atoms with van der Waals surface area (Å²) in [5.41, 5.74) is 0. The second kappa shape index (κ2) is 5.82. The number of rotatable bonds is 7. The van der Waals surface area contributed by atoms with E-state index in [1.807, 2.05) is 0 Å². The van der Waals surface area contributed by atoms with E-state index in [1.165, 1.54) is 25.8 Å². The average molecular weight is 190 g/mol. The van der Waals surface area contributed by atoms with Crippen molar-refractivity contribution in [3.8, 4) is 0 Å². The second-order valence-corrected chi connectivity index (χ2v) is 4.40. The van der Waals surface area contributed by atoms with E-state index in [-0.39, 0.29) is 0 Å². The minimum atomic E-state index is 0.738. The van der Waals surface area contributed by atoms with Crippen molar-refractivity contribution >= 4 is 11.6 Å². The molecule has 1 unspecified atom stereocenters. The summed E-state index contributed by atoms with van der Waals surface area (Å²) >= 11 is 5.64. The molecule has 12 heavy (non-hydrogen) atoms. The van der Waals surface area contributed by atoms with Gasteiger partial charge >= 0.3 is 0 Å². The molecule has 1 fully saturated rings. The summed E-state index contributed by atoms with van der Waals surface area (Å²) in [6.07, 6.45) is 5.46. The number of nitrogens with one attached hydrogen (secondary N) is 1. The van der Waals surface area contributed by atoms with Crippen molar-refractivity contribution in [3.05, 3.63) is 0 Å². The molecular weight excluding hydrogens is 170 g/mol. The smallest absolute Gasteiger partial charge is 0.0226 e. The van der Waals surface area contributed by atoms with E-state index in [2.05, 4.69) is 12.2 Å². The normalized spacial score (nSPS) is 19.5. The van der Waals surface area contributed by atoms with Crippen LogP contribution in [-0.4, -0.2) is 19.0 Å². The second-order valence-electron chi connectivity index (χ2n) is 4.02. The Morgan fingerprint density at radius 3 is 2.83 bits per heavy atom. The highest BCUT2D eigenvalue weighted by atomic mass is 35.5. The standard InChI is InChI=1S/C10H20ClN/c1-9(4-6-11)8-12-7-5-10-2-3-10/h9-10,12H,2-8H2,1H3. The molecule has 1 atom stereocenters. The van der Waals surface area contributed by atoms with Crippen molar-refractivity contribution < 1.29 is 0 Å². The third kappa shape index (κ3) is 5.00. The molecule has 0 saturated heterocycles. The third-order valence-electron chi connectivity index (χ3n) is 2.52. The van der Waals surface area contributed by atoms with Gasteiger partial charge in [-0.1, -0.05) is 19.8 Å². The van der Waals surface area contributed by atoms with Crippen LogP contribution in [-0.2, 0) is 0 Å². The quantitative estimate of drug-likeness (QED) is 0.480. The first-order valence-electron chi connectivity index (χ1n) is 5.09. The highest BCUT2D eigenvalue weighted by molar-refractivity contribution is 6.17. The number of hydrogen-bond acceptors (Lipinski definition) is 1. The molecule has 0 aromatic carbocycles. The van der Waals surface area contributed by atoms with Gasteiger partial charge in [0.1, 0.15) is 0 Å². The van der Waals surface area contributed by atoms with Crippen LogP contribution >= 0.6 is 11.6 Å². The number of hydrogen-bond donors (Lipinski definition) is 1. The van der Waals surface area contributed by atoms with E-state index < -0.39 is 0 Å². The van der Waals surface area contributed by atoms with Crippen LogP contribution in [0, 0.1) is 11.8 Å². The van der Waals surface area contributed by atoms with E-state index in [9.17, 15) is 0 Å². The molecule has 72 valence electrons. The molecule has 0 aliphatic heterocycles. The predicted molar refractivity (Wildman–Crippen MR) is 54.7 cm³/mol. The molecular formula is C10H20ClN. The molecule has 0 aromatic rings. The van der Waals surface area contributed by atoms with E-state index in [1.54, 1.807) is 0 Å². The lowest BCUT2D eigenvalue weighted by atomic mass is 10.1. The van der Waals surface area contributed by atoms with Gasteiger partial charge in [0.15, 0.2) is 0 Å². The van der Waals surface area contributed by atoms with Gasteiger partial charge in [-0.25, -0.2) is 0 Å². The highest BCUT2D eigenvalue weighted by Gasteiger charge is 2.19. The fourth-order valence-corrected chi connectivity index (χ4v) is 1.72. The zero-order chi connectivity index (χ0) is 8.81. The SMILES string of the molecule is CC(CCCl)CNCCC1CC1. The van der Waals surface area contributed by atoms with Crippen molar-refractivity contribution in [3.63, 3.8) is 0 Å². The molecule has 1 aliphatic rings. The fourth-order valence-electron chi connectivity index (χ4n) is 1.35. The maximum atomic E-state index is 5.64. The average Bonchev–Trinajstić information content (AvgIpc) is 2.82. The first-order valence-corrected chi connectivity index (χ1v) is 5.63. The molecule has 1 rings (SSSR count). The lowest BCUT2D eigenvalue weighted by molar-refractivity contribution is 0.490. The summed E-state index contributed by atoms with van der Waals surface area (Å²) in [5.74, 6) is 2.59. The topological polar surface area (TPSA) is 12.0 Å². The van der Waals surface area contributed by atoms with Crippen LogP contribution in [0.25, 0.3) is 0 Å². The molecule has 0 radical (unpaired) electrons. The predicted octanol–water partition coefficient (Wildman–Crippen LogP) is 2.64. The van der Waals surface area contributed by atoms with Gasteiger partial charge in [-0.15, -0.1) is 11.6 Å². The third-order valence-corrected chi connectivity index (χ3v) is 2.74. The minimum absolute atomic E-state index is 0.738. The van der Waals surface area contributed by atoms with Crippen LogP contribution in [0.4, 0.5) is 0 Å². The molecule has 0 bridgehead atoms. The van der Waals surface area contributed by atoms with E-state index >= 15 is 0 Å². The Kier molecular flexibility index (Phi) is 5.01. The van der Waals surface area contributed by atoms with Crippen LogP contribution < -0.4 is 5.32 Å². The van der Waals surface area contributed by atoms with Crippen molar-refractivity contribution in [2.45, 2.75) is 32.6 Å². The van der Waals surface area contributed by atoms with Gasteiger partial charge in [0.25, 0.3) is 0 Å². The van der Waals surface area contributed by atoms with Gasteiger partial charge in [0, 0.05) is 5.88 Å². The summed E-state index contributed by atoms with van der Waals surface area (Å²) in [6, 6.07) is 0. The van der Waals surface area contributed by atoms with Gasteiger partial charge in [-0.3, -0.25) is 0 Å². The molecule has 0 spiro atoms. The van der Waals surface area contributed by atoms with Gasteiger partial charge in [-0.05, 0) is 37.8 Å². The number of alkyl halides is 1. The zero-order valence-electron chi connectivity index (χ0n) is 7.98. The lowest BCUT2D eigenvalue weighted by Crippen LogP contribution is -2.22. The molecule has 2 heteroatoms. The molecule has 0 aromatic heterocycles. The molecule has 0 amide bonds. The molecule has 1 N–H and O–H groups in total. The Labute approximate surface area is 80.9 Å². The largest absolute Gasteiger partial charge is 0.316 e.